The van der Waals surface area contributed by atoms with Crippen molar-refractivity contribution in [3.63, 3.8) is 0 Å². The lowest BCUT2D eigenvalue weighted by atomic mass is 10.0. The van der Waals surface area contributed by atoms with Gasteiger partial charge in [-0.3, -0.25) is 9.59 Å². The highest BCUT2D eigenvalue weighted by Gasteiger charge is 2.23. The molecule has 1 atom stereocenters. The Morgan fingerprint density at radius 1 is 0.889 bits per heavy atom. The summed E-state index contributed by atoms with van der Waals surface area (Å²) in [5, 5.41) is 0. The van der Waals surface area contributed by atoms with Crippen molar-refractivity contribution in [2.75, 3.05) is 19.7 Å². The van der Waals surface area contributed by atoms with E-state index in [0.29, 0.717) is 18.7 Å². The molecule has 8 heteroatoms. The van der Waals surface area contributed by atoms with Crippen molar-refractivity contribution in [1.29, 1.82) is 0 Å². The van der Waals surface area contributed by atoms with E-state index in [1.807, 2.05) is 100 Å². The van der Waals surface area contributed by atoms with Crippen LogP contribution in [0, 0.1) is 0 Å². The summed E-state index contributed by atoms with van der Waals surface area (Å²) >= 11 is 0. The molecule has 3 aromatic rings. The Morgan fingerprint density at radius 3 is 2.00 bits per heavy atom. The van der Waals surface area contributed by atoms with Crippen LogP contribution in [0.4, 0.5) is 0 Å². The number of carbonyl (C=O) groups excluding carboxylic acids is 2. The number of nitrogens with two attached hydrogens (primary N) is 1. The quantitative estimate of drug-likeness (QED) is 0.155. The van der Waals surface area contributed by atoms with Gasteiger partial charge < -0.3 is 20.1 Å². The molecule has 8 nitrogen and oxygen atoms in total. The van der Waals surface area contributed by atoms with E-state index in [1.54, 1.807) is 0 Å². The van der Waals surface area contributed by atoms with E-state index in [2.05, 4.69) is 21.6 Å². The lowest BCUT2D eigenvalue weighted by molar-refractivity contribution is -0.138. The van der Waals surface area contributed by atoms with Gasteiger partial charge in [-0.15, -0.1) is 0 Å². The van der Waals surface area contributed by atoms with Crippen molar-refractivity contribution in [2.45, 2.75) is 105 Å². The summed E-state index contributed by atoms with van der Waals surface area (Å²) < 4.78 is 10.4. The molecule has 1 aromatic heterocycles. The second-order valence-corrected chi connectivity index (χ2v) is 11.9. The fourth-order valence-electron chi connectivity index (χ4n) is 4.71. The number of ether oxygens (including phenoxy) is 2. The summed E-state index contributed by atoms with van der Waals surface area (Å²) in [6.45, 7) is 14.6. The van der Waals surface area contributed by atoms with Gasteiger partial charge in [0.1, 0.15) is 11.4 Å². The average molecular weight is 619 g/mol. The molecule has 246 valence electrons. The molecule has 2 N–H and O–H groups in total. The first kappa shape index (κ1) is 37.4. The van der Waals surface area contributed by atoms with Crippen LogP contribution in [0.15, 0.2) is 60.9 Å². The summed E-state index contributed by atoms with van der Waals surface area (Å²) in [5.41, 5.74) is 9.87. The summed E-state index contributed by atoms with van der Waals surface area (Å²) in [7, 11) is 0. The fraction of sp³-hybridized carbons (Fsp3) is 0.514. The monoisotopic (exact) mass is 618 g/mol. The number of likely N-dealkylation sites (tertiary alicyclic amines) is 1. The van der Waals surface area contributed by atoms with Crippen LogP contribution in [-0.4, -0.2) is 58.6 Å². The lowest BCUT2D eigenvalue weighted by Gasteiger charge is -2.20. The minimum Gasteiger partial charge on any atom is -0.494 e. The van der Waals surface area contributed by atoms with E-state index in [-0.39, 0.29) is 11.5 Å². The molecule has 0 aliphatic carbocycles. The van der Waals surface area contributed by atoms with Crippen molar-refractivity contribution in [3.8, 4) is 28.3 Å². The third kappa shape index (κ3) is 13.8. The zero-order valence-electron chi connectivity index (χ0n) is 28.3. The minimum absolute atomic E-state index is 0.0532. The van der Waals surface area contributed by atoms with Gasteiger partial charge >= 0.3 is 0 Å². The molecule has 1 fully saturated rings. The van der Waals surface area contributed by atoms with Crippen LogP contribution in [0.5, 0.6) is 5.75 Å². The molecule has 0 spiro atoms. The van der Waals surface area contributed by atoms with Gasteiger partial charge in [0.25, 0.3) is 6.47 Å². The maximum Gasteiger partial charge on any atom is 0.293 e. The normalized spacial score (nSPS) is 13.1. The number of nitrogens with zero attached hydrogens (tertiary/aromatic N) is 3. The van der Waals surface area contributed by atoms with Gasteiger partial charge in [-0.1, -0.05) is 82.9 Å². The molecule has 1 aliphatic rings. The van der Waals surface area contributed by atoms with Crippen molar-refractivity contribution in [3.05, 3.63) is 66.5 Å². The number of amides is 1. The Balaban J connectivity index is 0.000000692. The maximum absolute atomic E-state index is 12.5. The molecule has 2 heterocycles. The Labute approximate surface area is 270 Å². The highest BCUT2D eigenvalue weighted by molar-refractivity contribution is 5.82. The predicted octanol–water partition coefficient (Wildman–Crippen LogP) is 7.64. The topological polar surface area (TPSA) is 108 Å². The summed E-state index contributed by atoms with van der Waals surface area (Å²) in [6.07, 6.45) is 12.6. The van der Waals surface area contributed by atoms with E-state index in [4.69, 9.17) is 10.5 Å². The Kier molecular flexibility index (Phi) is 16.9. The number of hydrogen-bond acceptors (Lipinski definition) is 7. The number of rotatable bonds is 13. The largest absolute Gasteiger partial charge is 0.494 e. The molecule has 1 aliphatic heterocycles. The molecule has 2 aromatic carbocycles. The Hall–Kier alpha value is -3.78. The highest BCUT2D eigenvalue weighted by atomic mass is 16.5. The number of aromatic nitrogens is 2. The smallest absolute Gasteiger partial charge is 0.293 e. The summed E-state index contributed by atoms with van der Waals surface area (Å²) in [4.78, 5) is 33.1. The average Bonchev–Trinajstić information content (AvgIpc) is 3.59. The van der Waals surface area contributed by atoms with Gasteiger partial charge in [0.15, 0.2) is 5.82 Å². The van der Waals surface area contributed by atoms with Crippen LogP contribution in [-0.2, 0) is 20.7 Å². The molecular weight excluding hydrogens is 564 g/mol. The van der Waals surface area contributed by atoms with Crippen LogP contribution >= 0.6 is 0 Å². The third-order valence-corrected chi connectivity index (χ3v) is 7.16. The standard InChI is InChI=1S/C30H38N4O2.C5H10O2.C2H6/c1-2-3-4-5-8-19-36-27-15-13-24(14-16-27)26-21-32-29(33-22-26)25-11-9-23(10-12-25)20-28(31)30(35)34-17-6-7-18-34;1-5(2,3)7-4-6;1-2/h9-16,21-22,28H,2-8,17-20,31H2,1H3;4H,1-3H3;1-2H3. The van der Waals surface area contributed by atoms with Crippen LogP contribution in [0.2, 0.25) is 0 Å². The molecule has 1 saturated heterocycles. The first-order valence-corrected chi connectivity index (χ1v) is 16.5. The van der Waals surface area contributed by atoms with Gasteiger partial charge in [-0.05, 0) is 69.7 Å². The number of unbranched alkanes of at least 4 members (excludes halogenated alkanes) is 4. The van der Waals surface area contributed by atoms with E-state index < -0.39 is 6.04 Å². The van der Waals surface area contributed by atoms with E-state index >= 15 is 0 Å². The van der Waals surface area contributed by atoms with Gasteiger partial charge in [0.2, 0.25) is 5.91 Å². The summed E-state index contributed by atoms with van der Waals surface area (Å²) in [5.74, 6) is 1.62. The summed E-state index contributed by atoms with van der Waals surface area (Å²) in [6, 6.07) is 15.6. The van der Waals surface area contributed by atoms with Gasteiger partial charge in [0.05, 0.1) is 12.6 Å². The van der Waals surface area contributed by atoms with E-state index in [9.17, 15) is 9.59 Å². The Bertz CT molecular complexity index is 1230. The van der Waals surface area contributed by atoms with Gasteiger partial charge in [-0.2, -0.15) is 0 Å². The minimum atomic E-state index is -0.493. The maximum atomic E-state index is 12.5. The van der Waals surface area contributed by atoms with Crippen molar-refractivity contribution in [1.82, 2.24) is 14.9 Å². The second kappa shape index (κ2) is 20.3. The molecule has 0 radical (unpaired) electrons. The molecule has 0 saturated carbocycles. The fourth-order valence-corrected chi connectivity index (χ4v) is 4.71. The van der Waals surface area contributed by atoms with Crippen LogP contribution in [0.1, 0.15) is 92.1 Å². The predicted molar refractivity (Wildman–Crippen MR) is 183 cm³/mol. The molecular formula is C37H54N4O4. The molecule has 4 rings (SSSR count). The molecule has 1 amide bonds. The van der Waals surface area contributed by atoms with Crippen LogP contribution in [0.3, 0.4) is 0 Å². The molecule has 45 heavy (non-hydrogen) atoms. The van der Waals surface area contributed by atoms with E-state index in [1.165, 1.54) is 25.7 Å². The highest BCUT2D eigenvalue weighted by Crippen LogP contribution is 2.24. The second-order valence-electron chi connectivity index (χ2n) is 11.9. The Morgan fingerprint density at radius 2 is 1.47 bits per heavy atom. The van der Waals surface area contributed by atoms with Crippen LogP contribution in [0.25, 0.3) is 22.5 Å². The SMILES string of the molecule is CC.CC(C)(C)OC=O.CCCCCCCOc1ccc(-c2cnc(-c3ccc(CC(N)C(=O)N4CCCC4)cc3)nc2)cc1. The van der Waals surface area contributed by atoms with Crippen molar-refractivity contribution >= 4 is 12.4 Å². The molecule has 0 bridgehead atoms. The number of benzene rings is 2. The van der Waals surface area contributed by atoms with Crippen LogP contribution < -0.4 is 10.5 Å². The van der Waals surface area contributed by atoms with Gasteiger partial charge in [-0.25, -0.2) is 9.97 Å². The third-order valence-electron chi connectivity index (χ3n) is 7.16. The zero-order chi connectivity index (χ0) is 33.1. The lowest BCUT2D eigenvalue weighted by Crippen LogP contribution is -2.43. The van der Waals surface area contributed by atoms with Crippen molar-refractivity contribution < 1.29 is 19.1 Å². The van der Waals surface area contributed by atoms with Crippen molar-refractivity contribution in [2.24, 2.45) is 5.73 Å². The number of carbonyl (C=O) groups is 2. The van der Waals surface area contributed by atoms with E-state index in [0.717, 1.165) is 67.0 Å². The first-order valence-electron chi connectivity index (χ1n) is 16.5. The zero-order valence-corrected chi connectivity index (χ0v) is 28.3. The first-order chi connectivity index (χ1) is 21.7. The number of hydrogen-bond donors (Lipinski definition) is 1. The molecule has 1 unspecified atom stereocenters. The van der Waals surface area contributed by atoms with Gasteiger partial charge in [0, 0.05) is 36.6 Å².